The van der Waals surface area contributed by atoms with Crippen molar-refractivity contribution >= 4 is 35.0 Å². The summed E-state index contributed by atoms with van der Waals surface area (Å²) in [5.41, 5.74) is 3.24. The number of carbonyl (C=O) groups is 2. The molecule has 3 aromatic carbocycles. The molecule has 0 spiro atoms. The Morgan fingerprint density at radius 3 is 2.49 bits per heavy atom. The van der Waals surface area contributed by atoms with Gasteiger partial charge in [0.2, 0.25) is 0 Å². The van der Waals surface area contributed by atoms with Crippen LogP contribution in [0.5, 0.6) is 5.75 Å². The topological polar surface area (TPSA) is 116 Å². The molecular weight excluding hydrogens is 490 g/mol. The van der Waals surface area contributed by atoms with Gasteiger partial charge in [0.25, 0.3) is 0 Å². The summed E-state index contributed by atoms with van der Waals surface area (Å²) in [7, 11) is 0. The number of phenols is 1. The third-order valence-corrected chi connectivity index (χ3v) is 6.90. The predicted octanol–water partition coefficient (Wildman–Crippen LogP) is 5.70. The number of phenolic OH excluding ortho intramolecular Hbond substituents is 1. The lowest BCUT2D eigenvalue weighted by molar-refractivity contribution is 0.148. The van der Waals surface area contributed by atoms with Gasteiger partial charge < -0.3 is 19.9 Å². The standard InChI is InChI=1S/C28H29N3O5S/c32-24-12-6-4-10-21(24)14-15-22(18-26-30-23-11-5-7-13-25(23)36-26)29-27(33)31(28(34)35)16-17-37-19-20-8-2-1-3-9-20/h1-13,22,32H,14-19H2,(H,29,33)(H,34,35)/t22-/m1/s1. The number of oxazole rings is 1. The molecule has 0 saturated carbocycles. The van der Waals surface area contributed by atoms with Crippen LogP contribution in [0.2, 0.25) is 0 Å². The number of nitrogens with one attached hydrogen (secondary N) is 1. The smallest absolute Gasteiger partial charge is 0.415 e. The van der Waals surface area contributed by atoms with E-state index in [1.54, 1.807) is 23.9 Å². The summed E-state index contributed by atoms with van der Waals surface area (Å²) in [6.45, 7) is 0.0632. The zero-order chi connectivity index (χ0) is 26.0. The van der Waals surface area contributed by atoms with Crippen molar-refractivity contribution in [3.05, 3.63) is 95.9 Å². The number of benzene rings is 3. The fraction of sp³-hybridized carbons (Fsp3) is 0.250. The molecule has 0 aliphatic carbocycles. The Kier molecular flexibility index (Phi) is 9.04. The van der Waals surface area contributed by atoms with Gasteiger partial charge in [0.1, 0.15) is 11.3 Å². The highest BCUT2D eigenvalue weighted by atomic mass is 32.2. The van der Waals surface area contributed by atoms with Gasteiger partial charge in [0.05, 0.1) is 0 Å². The molecule has 3 amide bonds. The maximum Gasteiger partial charge on any atom is 0.415 e. The minimum Gasteiger partial charge on any atom is -0.508 e. The molecule has 1 heterocycles. The van der Waals surface area contributed by atoms with E-state index in [1.807, 2.05) is 66.7 Å². The van der Waals surface area contributed by atoms with Crippen molar-refractivity contribution < 1.29 is 24.2 Å². The Morgan fingerprint density at radius 2 is 1.73 bits per heavy atom. The van der Waals surface area contributed by atoms with Gasteiger partial charge in [0, 0.05) is 30.5 Å². The van der Waals surface area contributed by atoms with E-state index in [-0.39, 0.29) is 18.7 Å². The Labute approximate surface area is 219 Å². The van der Waals surface area contributed by atoms with Crippen LogP contribution in [0.25, 0.3) is 11.1 Å². The lowest BCUT2D eigenvalue weighted by atomic mass is 10.0. The van der Waals surface area contributed by atoms with E-state index >= 15 is 0 Å². The maximum atomic E-state index is 13.0. The Morgan fingerprint density at radius 1 is 1.00 bits per heavy atom. The first kappa shape index (κ1) is 26.1. The largest absolute Gasteiger partial charge is 0.508 e. The van der Waals surface area contributed by atoms with E-state index in [9.17, 15) is 19.8 Å². The van der Waals surface area contributed by atoms with E-state index in [0.717, 1.165) is 21.8 Å². The summed E-state index contributed by atoms with van der Waals surface area (Å²) in [5, 5.41) is 22.7. The fourth-order valence-corrected chi connectivity index (χ4v) is 4.84. The van der Waals surface area contributed by atoms with Crippen molar-refractivity contribution in [1.82, 2.24) is 15.2 Å². The van der Waals surface area contributed by atoms with Crippen molar-refractivity contribution in [2.75, 3.05) is 12.3 Å². The van der Waals surface area contributed by atoms with Gasteiger partial charge in [-0.2, -0.15) is 11.8 Å². The number of thioether (sulfide) groups is 1. The number of para-hydroxylation sites is 3. The minimum atomic E-state index is -1.31. The van der Waals surface area contributed by atoms with Gasteiger partial charge in [-0.15, -0.1) is 0 Å². The van der Waals surface area contributed by atoms with Crippen LogP contribution in [0.3, 0.4) is 0 Å². The molecular formula is C28H29N3O5S. The number of aromatic nitrogens is 1. The highest BCUT2D eigenvalue weighted by Gasteiger charge is 2.24. The molecule has 0 saturated heterocycles. The summed E-state index contributed by atoms with van der Waals surface area (Å²) in [6.07, 6.45) is -0.0838. The molecule has 8 nitrogen and oxygen atoms in total. The number of hydrogen-bond donors (Lipinski definition) is 3. The highest BCUT2D eigenvalue weighted by molar-refractivity contribution is 7.98. The second kappa shape index (κ2) is 12.8. The third kappa shape index (κ3) is 7.50. The van der Waals surface area contributed by atoms with E-state index in [1.165, 1.54) is 0 Å². The number of amides is 3. The van der Waals surface area contributed by atoms with Crippen LogP contribution < -0.4 is 5.32 Å². The molecule has 1 atom stereocenters. The average Bonchev–Trinajstić information content (AvgIpc) is 3.30. The number of nitrogens with zero attached hydrogens (tertiary/aromatic N) is 2. The number of hydrogen-bond acceptors (Lipinski definition) is 6. The number of aryl methyl sites for hydroxylation is 1. The molecule has 0 bridgehead atoms. The Hall–Kier alpha value is -3.98. The third-order valence-electron chi connectivity index (χ3n) is 5.89. The van der Waals surface area contributed by atoms with Gasteiger partial charge in [-0.1, -0.05) is 60.7 Å². The lowest BCUT2D eigenvalue weighted by Crippen LogP contribution is -2.48. The second-order valence-corrected chi connectivity index (χ2v) is 9.67. The van der Waals surface area contributed by atoms with Gasteiger partial charge in [0.15, 0.2) is 11.5 Å². The normalized spacial score (nSPS) is 11.8. The van der Waals surface area contributed by atoms with Crippen LogP contribution in [-0.2, 0) is 18.6 Å². The first-order valence-electron chi connectivity index (χ1n) is 12.0. The van der Waals surface area contributed by atoms with Gasteiger partial charge in [-0.3, -0.25) is 0 Å². The number of aromatic hydroxyl groups is 1. The molecule has 4 rings (SSSR count). The number of rotatable bonds is 11. The molecule has 9 heteroatoms. The van der Waals surface area contributed by atoms with Crippen LogP contribution in [0, 0.1) is 0 Å². The second-order valence-electron chi connectivity index (χ2n) is 8.57. The van der Waals surface area contributed by atoms with Gasteiger partial charge in [-0.05, 0) is 42.2 Å². The van der Waals surface area contributed by atoms with E-state index < -0.39 is 18.2 Å². The Balaban J connectivity index is 1.41. The summed E-state index contributed by atoms with van der Waals surface area (Å²) >= 11 is 1.56. The molecule has 4 aromatic rings. The zero-order valence-corrected chi connectivity index (χ0v) is 21.1. The first-order chi connectivity index (χ1) is 18.0. The fourth-order valence-electron chi connectivity index (χ4n) is 3.95. The van der Waals surface area contributed by atoms with Gasteiger partial charge >= 0.3 is 12.1 Å². The predicted molar refractivity (Wildman–Crippen MR) is 144 cm³/mol. The monoisotopic (exact) mass is 519 g/mol. The van der Waals surface area contributed by atoms with Crippen LogP contribution >= 0.6 is 11.8 Å². The van der Waals surface area contributed by atoms with Crippen LogP contribution in [0.15, 0.2) is 83.3 Å². The van der Waals surface area contributed by atoms with Crippen molar-refractivity contribution in [3.8, 4) is 5.75 Å². The zero-order valence-electron chi connectivity index (χ0n) is 20.2. The number of fused-ring (bicyclic) bond motifs is 1. The molecule has 0 aliphatic heterocycles. The number of carboxylic acid groups (broad SMARTS) is 1. The van der Waals surface area contributed by atoms with Gasteiger partial charge in [-0.25, -0.2) is 19.5 Å². The highest BCUT2D eigenvalue weighted by Crippen LogP contribution is 2.21. The van der Waals surface area contributed by atoms with Crippen molar-refractivity contribution in [2.24, 2.45) is 0 Å². The van der Waals surface area contributed by atoms with E-state index in [4.69, 9.17) is 4.42 Å². The molecule has 0 aliphatic rings. The minimum absolute atomic E-state index is 0.0632. The molecule has 0 radical (unpaired) electrons. The lowest BCUT2D eigenvalue weighted by Gasteiger charge is -2.23. The van der Waals surface area contributed by atoms with Crippen molar-refractivity contribution in [3.63, 3.8) is 0 Å². The SMILES string of the molecule is O=C(O)N(CCSCc1ccccc1)C(=O)N[C@H](CCc1ccccc1O)Cc1nc2ccccc2o1. The van der Waals surface area contributed by atoms with E-state index in [2.05, 4.69) is 10.3 Å². The van der Waals surface area contributed by atoms with Crippen molar-refractivity contribution in [1.29, 1.82) is 0 Å². The molecule has 192 valence electrons. The quantitative estimate of drug-likeness (QED) is 0.218. The molecule has 0 unspecified atom stereocenters. The average molecular weight is 520 g/mol. The molecule has 37 heavy (non-hydrogen) atoms. The Bertz CT molecular complexity index is 1290. The molecule has 1 aromatic heterocycles. The van der Waals surface area contributed by atoms with Crippen molar-refractivity contribution in [2.45, 2.75) is 31.1 Å². The maximum absolute atomic E-state index is 13.0. The van der Waals surface area contributed by atoms with Crippen LogP contribution in [0.4, 0.5) is 9.59 Å². The van der Waals surface area contributed by atoms with E-state index in [0.29, 0.717) is 35.6 Å². The summed E-state index contributed by atoms with van der Waals surface area (Å²) in [6, 6.07) is 23.1. The summed E-state index contributed by atoms with van der Waals surface area (Å²) < 4.78 is 5.84. The van der Waals surface area contributed by atoms with Crippen LogP contribution in [0.1, 0.15) is 23.4 Å². The summed E-state index contributed by atoms with van der Waals surface area (Å²) in [4.78, 5) is 30.2. The molecule has 3 N–H and O–H groups in total. The molecule has 0 fully saturated rings. The summed E-state index contributed by atoms with van der Waals surface area (Å²) in [5.74, 6) is 1.83. The number of imide groups is 1. The van der Waals surface area contributed by atoms with Crippen LogP contribution in [-0.4, -0.2) is 50.6 Å². The first-order valence-corrected chi connectivity index (χ1v) is 13.2. The number of urea groups is 1. The number of carbonyl (C=O) groups excluding carboxylic acids is 1.